The molecule has 1 aliphatic rings. The fourth-order valence-electron chi connectivity index (χ4n) is 2.64. The van der Waals surface area contributed by atoms with Gasteiger partial charge in [0.15, 0.2) is 0 Å². The quantitative estimate of drug-likeness (QED) is 0.903. The van der Waals surface area contributed by atoms with Gasteiger partial charge in [0.2, 0.25) is 0 Å². The summed E-state index contributed by atoms with van der Waals surface area (Å²) in [6.45, 7) is 12.2. The molecule has 4 heteroatoms. The number of rotatable bonds is 4. The van der Waals surface area contributed by atoms with Gasteiger partial charge in [0.05, 0.1) is 12.2 Å². The summed E-state index contributed by atoms with van der Waals surface area (Å²) >= 11 is 0. The van der Waals surface area contributed by atoms with Crippen LogP contribution in [0.25, 0.3) is 0 Å². The first-order valence-electron chi connectivity index (χ1n) is 7.16. The number of nitrogens with one attached hydrogen (secondary N) is 1. The number of hydrogen-bond acceptors (Lipinski definition) is 4. The van der Waals surface area contributed by atoms with E-state index in [2.05, 4.69) is 42.0 Å². The smallest absolute Gasteiger partial charge is 0.0726 e. The monoisotopic (exact) mass is 263 g/mol. The van der Waals surface area contributed by atoms with Gasteiger partial charge in [-0.25, -0.2) is 0 Å². The molecule has 0 amide bonds. The molecule has 0 saturated carbocycles. The van der Waals surface area contributed by atoms with E-state index in [9.17, 15) is 0 Å². The highest BCUT2D eigenvalue weighted by Crippen LogP contribution is 2.24. The summed E-state index contributed by atoms with van der Waals surface area (Å²) in [7, 11) is 0. The second kappa shape index (κ2) is 6.35. The Balaban J connectivity index is 2.23. The van der Waals surface area contributed by atoms with Crippen LogP contribution in [0.3, 0.4) is 0 Å². The minimum atomic E-state index is 0.282. The highest BCUT2D eigenvalue weighted by molar-refractivity contribution is 5.54. The van der Waals surface area contributed by atoms with Crippen molar-refractivity contribution in [2.45, 2.75) is 46.4 Å². The van der Waals surface area contributed by atoms with Gasteiger partial charge in [-0.1, -0.05) is 6.92 Å². The number of aromatic nitrogens is 1. The Labute approximate surface area is 116 Å². The zero-order valence-corrected chi connectivity index (χ0v) is 12.4. The third kappa shape index (κ3) is 3.67. The van der Waals surface area contributed by atoms with Gasteiger partial charge in [0.25, 0.3) is 0 Å². The molecule has 1 N–H and O–H groups in total. The van der Waals surface area contributed by atoms with Gasteiger partial charge in [0, 0.05) is 42.8 Å². The normalized spacial score (nSPS) is 23.7. The van der Waals surface area contributed by atoms with Crippen molar-refractivity contribution in [2.24, 2.45) is 0 Å². The Bertz CT molecular complexity index is 412. The largest absolute Gasteiger partial charge is 0.372 e. The summed E-state index contributed by atoms with van der Waals surface area (Å²) in [6.07, 6.45) is 2.56. The molecule has 1 fully saturated rings. The van der Waals surface area contributed by atoms with E-state index in [4.69, 9.17) is 4.74 Å². The van der Waals surface area contributed by atoms with Gasteiger partial charge >= 0.3 is 0 Å². The van der Waals surface area contributed by atoms with Gasteiger partial charge in [-0.05, 0) is 33.4 Å². The average molecular weight is 263 g/mol. The lowest BCUT2D eigenvalue weighted by Crippen LogP contribution is -2.46. The second-order valence-electron chi connectivity index (χ2n) is 5.40. The Morgan fingerprint density at radius 2 is 2.05 bits per heavy atom. The highest BCUT2D eigenvalue weighted by atomic mass is 16.5. The van der Waals surface area contributed by atoms with Gasteiger partial charge in [0.1, 0.15) is 0 Å². The van der Waals surface area contributed by atoms with Crippen molar-refractivity contribution in [3.8, 4) is 0 Å². The van der Waals surface area contributed by atoms with Crippen molar-refractivity contribution < 1.29 is 4.74 Å². The van der Waals surface area contributed by atoms with E-state index in [1.165, 1.54) is 11.3 Å². The predicted molar refractivity (Wildman–Crippen MR) is 78.6 cm³/mol. The van der Waals surface area contributed by atoms with Crippen LogP contribution in [-0.4, -0.2) is 36.8 Å². The van der Waals surface area contributed by atoms with Crippen LogP contribution in [0.15, 0.2) is 12.3 Å². The molecule has 2 heterocycles. The van der Waals surface area contributed by atoms with Crippen molar-refractivity contribution in [1.82, 2.24) is 10.3 Å². The zero-order valence-electron chi connectivity index (χ0n) is 12.4. The van der Waals surface area contributed by atoms with E-state index in [1.807, 2.05) is 13.1 Å². The SMILES string of the molecule is CCNCc1cnc(C)cc1N1C[C@@H](C)O[C@@H](C)C1. The Kier molecular flexibility index (Phi) is 4.77. The minimum absolute atomic E-state index is 0.282. The predicted octanol–water partition coefficient (Wildman–Crippen LogP) is 2.11. The van der Waals surface area contributed by atoms with Gasteiger partial charge in [-0.15, -0.1) is 0 Å². The maximum atomic E-state index is 5.82. The van der Waals surface area contributed by atoms with Crippen molar-refractivity contribution >= 4 is 5.69 Å². The summed E-state index contributed by atoms with van der Waals surface area (Å²) in [5.41, 5.74) is 3.64. The summed E-state index contributed by atoms with van der Waals surface area (Å²) in [4.78, 5) is 6.86. The summed E-state index contributed by atoms with van der Waals surface area (Å²) in [5, 5.41) is 3.39. The molecule has 1 aliphatic heterocycles. The molecule has 1 saturated heterocycles. The first-order valence-corrected chi connectivity index (χ1v) is 7.16. The molecule has 0 radical (unpaired) electrons. The molecular formula is C15H25N3O. The third-order valence-electron chi connectivity index (χ3n) is 3.42. The summed E-state index contributed by atoms with van der Waals surface area (Å²) in [6, 6.07) is 2.19. The number of ether oxygens (including phenoxy) is 1. The van der Waals surface area contributed by atoms with Crippen LogP contribution >= 0.6 is 0 Å². The lowest BCUT2D eigenvalue weighted by atomic mass is 10.1. The van der Waals surface area contributed by atoms with Gasteiger partial charge in [-0.2, -0.15) is 0 Å². The van der Waals surface area contributed by atoms with Gasteiger partial charge in [-0.3, -0.25) is 4.98 Å². The van der Waals surface area contributed by atoms with Crippen molar-refractivity contribution in [2.75, 3.05) is 24.5 Å². The molecule has 106 valence electrons. The maximum absolute atomic E-state index is 5.82. The number of aryl methyl sites for hydroxylation is 1. The topological polar surface area (TPSA) is 37.4 Å². The molecule has 19 heavy (non-hydrogen) atoms. The van der Waals surface area contributed by atoms with Crippen LogP contribution in [0.4, 0.5) is 5.69 Å². The number of nitrogens with zero attached hydrogens (tertiary/aromatic N) is 2. The molecule has 0 aliphatic carbocycles. The van der Waals surface area contributed by atoms with E-state index in [0.29, 0.717) is 0 Å². The number of pyridine rings is 1. The number of hydrogen-bond donors (Lipinski definition) is 1. The van der Waals surface area contributed by atoms with E-state index >= 15 is 0 Å². The van der Waals surface area contributed by atoms with Crippen molar-refractivity contribution in [1.29, 1.82) is 0 Å². The van der Waals surface area contributed by atoms with Crippen LogP contribution in [0.1, 0.15) is 32.0 Å². The van der Waals surface area contributed by atoms with E-state index in [1.54, 1.807) is 0 Å². The molecule has 0 unspecified atom stereocenters. The summed E-state index contributed by atoms with van der Waals surface area (Å²) < 4.78 is 5.82. The second-order valence-corrected chi connectivity index (χ2v) is 5.40. The first-order chi connectivity index (χ1) is 9.10. The first kappa shape index (κ1) is 14.3. The van der Waals surface area contributed by atoms with Crippen LogP contribution in [-0.2, 0) is 11.3 Å². The zero-order chi connectivity index (χ0) is 13.8. The fraction of sp³-hybridized carbons (Fsp3) is 0.667. The molecule has 2 rings (SSSR count). The highest BCUT2D eigenvalue weighted by Gasteiger charge is 2.24. The molecule has 2 atom stereocenters. The van der Waals surface area contributed by atoms with Crippen molar-refractivity contribution in [3.63, 3.8) is 0 Å². The van der Waals surface area contributed by atoms with E-state index in [-0.39, 0.29) is 12.2 Å². The Morgan fingerprint density at radius 1 is 1.37 bits per heavy atom. The van der Waals surface area contributed by atoms with Crippen molar-refractivity contribution in [3.05, 3.63) is 23.5 Å². The summed E-state index contributed by atoms with van der Waals surface area (Å²) in [5.74, 6) is 0. The third-order valence-corrected chi connectivity index (χ3v) is 3.42. The lowest BCUT2D eigenvalue weighted by Gasteiger charge is -2.37. The Morgan fingerprint density at radius 3 is 2.68 bits per heavy atom. The average Bonchev–Trinajstić information content (AvgIpc) is 2.36. The minimum Gasteiger partial charge on any atom is -0.372 e. The number of anilines is 1. The molecule has 1 aromatic rings. The molecule has 4 nitrogen and oxygen atoms in total. The molecule has 1 aromatic heterocycles. The van der Waals surface area contributed by atoms with Crippen LogP contribution in [0.5, 0.6) is 0 Å². The van der Waals surface area contributed by atoms with E-state index < -0.39 is 0 Å². The molecule has 0 spiro atoms. The van der Waals surface area contributed by atoms with Crippen LogP contribution < -0.4 is 10.2 Å². The van der Waals surface area contributed by atoms with Gasteiger partial charge < -0.3 is 15.0 Å². The van der Waals surface area contributed by atoms with E-state index in [0.717, 1.165) is 31.9 Å². The standard InChI is InChI=1S/C15H25N3O/c1-5-16-7-14-8-17-11(2)6-15(14)18-9-12(3)19-13(4)10-18/h6,8,12-13,16H,5,7,9-10H2,1-4H3/t12-,13+. The molecule has 0 bridgehead atoms. The maximum Gasteiger partial charge on any atom is 0.0726 e. The van der Waals surface area contributed by atoms with Crippen LogP contribution in [0, 0.1) is 6.92 Å². The molecule has 0 aromatic carbocycles. The van der Waals surface area contributed by atoms with Crippen LogP contribution in [0.2, 0.25) is 0 Å². The molecular weight excluding hydrogens is 238 g/mol. The number of morpholine rings is 1. The fourth-order valence-corrected chi connectivity index (χ4v) is 2.64. The lowest BCUT2D eigenvalue weighted by molar-refractivity contribution is -0.00527. The Hall–Kier alpha value is -1.13.